The lowest BCUT2D eigenvalue weighted by Gasteiger charge is -2.42. The average molecular weight is 258 g/mol. The molecular weight excluding hydrogens is 232 g/mol. The predicted octanol–water partition coefficient (Wildman–Crippen LogP) is 3.20. The number of rotatable bonds is 3. The van der Waals surface area contributed by atoms with Crippen molar-refractivity contribution in [2.75, 3.05) is 18.0 Å². The first-order chi connectivity index (χ1) is 9.33. The Kier molecular flexibility index (Phi) is 3.79. The minimum absolute atomic E-state index is 0.673. The maximum absolute atomic E-state index is 6.04. The van der Waals surface area contributed by atoms with Crippen molar-refractivity contribution in [2.24, 2.45) is 17.6 Å². The third-order valence-corrected chi connectivity index (χ3v) is 5.27. The SMILES string of the molecule is CCC1CCC(CN)C(N2CCc3ccccc32)C1. The highest BCUT2D eigenvalue weighted by molar-refractivity contribution is 5.58. The summed E-state index contributed by atoms with van der Waals surface area (Å²) >= 11 is 0. The molecule has 1 aliphatic carbocycles. The van der Waals surface area contributed by atoms with Gasteiger partial charge in [0, 0.05) is 18.3 Å². The van der Waals surface area contributed by atoms with Gasteiger partial charge in [-0.15, -0.1) is 0 Å². The van der Waals surface area contributed by atoms with Gasteiger partial charge in [0.2, 0.25) is 0 Å². The third kappa shape index (κ3) is 2.38. The summed E-state index contributed by atoms with van der Waals surface area (Å²) in [6.45, 7) is 4.37. The normalized spacial score (nSPS) is 30.4. The quantitative estimate of drug-likeness (QED) is 0.902. The summed E-state index contributed by atoms with van der Waals surface area (Å²) in [5.74, 6) is 1.59. The van der Waals surface area contributed by atoms with E-state index in [0.29, 0.717) is 12.0 Å². The van der Waals surface area contributed by atoms with E-state index in [2.05, 4.69) is 36.1 Å². The molecule has 2 nitrogen and oxygen atoms in total. The van der Waals surface area contributed by atoms with Crippen LogP contribution in [-0.4, -0.2) is 19.1 Å². The fraction of sp³-hybridized carbons (Fsp3) is 0.647. The van der Waals surface area contributed by atoms with E-state index < -0.39 is 0 Å². The molecule has 2 heteroatoms. The summed E-state index contributed by atoms with van der Waals surface area (Å²) in [5, 5.41) is 0. The first-order valence-electron chi connectivity index (χ1n) is 7.88. The fourth-order valence-corrected chi connectivity index (χ4v) is 4.03. The van der Waals surface area contributed by atoms with Crippen LogP contribution >= 0.6 is 0 Å². The van der Waals surface area contributed by atoms with Gasteiger partial charge in [0.25, 0.3) is 0 Å². The number of anilines is 1. The molecule has 2 N–H and O–H groups in total. The standard InChI is InChI=1S/C17H26N2/c1-2-13-7-8-15(12-18)17(11-13)19-10-9-14-5-3-4-6-16(14)19/h3-6,13,15,17H,2,7-12,18H2,1H3. The zero-order valence-corrected chi connectivity index (χ0v) is 12.0. The Morgan fingerprint density at radius 1 is 1.26 bits per heavy atom. The molecule has 1 saturated carbocycles. The molecule has 0 bridgehead atoms. The predicted molar refractivity (Wildman–Crippen MR) is 81.5 cm³/mol. The van der Waals surface area contributed by atoms with Crippen LogP contribution in [0.5, 0.6) is 0 Å². The second-order valence-electron chi connectivity index (χ2n) is 6.22. The molecule has 1 aromatic rings. The molecule has 3 rings (SSSR count). The van der Waals surface area contributed by atoms with Crippen LogP contribution in [0.15, 0.2) is 24.3 Å². The molecule has 2 aliphatic rings. The fourth-order valence-electron chi connectivity index (χ4n) is 4.03. The first kappa shape index (κ1) is 13.0. The minimum atomic E-state index is 0.673. The van der Waals surface area contributed by atoms with Crippen LogP contribution in [0, 0.1) is 11.8 Å². The molecule has 104 valence electrons. The highest BCUT2D eigenvalue weighted by Crippen LogP contribution is 2.39. The van der Waals surface area contributed by atoms with Gasteiger partial charge in [0.05, 0.1) is 0 Å². The molecule has 19 heavy (non-hydrogen) atoms. The second-order valence-corrected chi connectivity index (χ2v) is 6.22. The Bertz CT molecular complexity index is 429. The maximum Gasteiger partial charge on any atom is 0.0402 e. The van der Waals surface area contributed by atoms with Crippen LogP contribution in [0.25, 0.3) is 0 Å². The van der Waals surface area contributed by atoms with E-state index in [1.807, 2.05) is 0 Å². The van der Waals surface area contributed by atoms with Gasteiger partial charge < -0.3 is 10.6 Å². The van der Waals surface area contributed by atoms with Gasteiger partial charge in [0.15, 0.2) is 0 Å². The van der Waals surface area contributed by atoms with Crippen molar-refractivity contribution in [3.63, 3.8) is 0 Å². The molecule has 3 atom stereocenters. The molecule has 0 amide bonds. The molecule has 1 aromatic carbocycles. The van der Waals surface area contributed by atoms with Gasteiger partial charge >= 0.3 is 0 Å². The molecule has 1 fully saturated rings. The Balaban J connectivity index is 1.83. The zero-order chi connectivity index (χ0) is 13.2. The Labute approximate surface area is 117 Å². The van der Waals surface area contributed by atoms with E-state index in [-0.39, 0.29) is 0 Å². The molecule has 0 saturated heterocycles. The van der Waals surface area contributed by atoms with Crippen LogP contribution in [0.4, 0.5) is 5.69 Å². The second kappa shape index (κ2) is 5.54. The lowest BCUT2D eigenvalue weighted by molar-refractivity contribution is 0.229. The summed E-state index contributed by atoms with van der Waals surface area (Å²) in [5.41, 5.74) is 9.04. The first-order valence-corrected chi connectivity index (χ1v) is 7.88. The van der Waals surface area contributed by atoms with Crippen molar-refractivity contribution < 1.29 is 0 Å². The van der Waals surface area contributed by atoms with E-state index in [1.54, 1.807) is 0 Å². The number of benzene rings is 1. The summed E-state index contributed by atoms with van der Waals surface area (Å²) in [4.78, 5) is 2.66. The monoisotopic (exact) mass is 258 g/mol. The van der Waals surface area contributed by atoms with Crippen LogP contribution in [-0.2, 0) is 6.42 Å². The van der Waals surface area contributed by atoms with Crippen molar-refractivity contribution in [3.05, 3.63) is 29.8 Å². The number of nitrogens with zero attached hydrogens (tertiary/aromatic N) is 1. The van der Waals surface area contributed by atoms with Crippen molar-refractivity contribution in [2.45, 2.75) is 45.1 Å². The number of hydrogen-bond donors (Lipinski definition) is 1. The molecule has 0 spiro atoms. The van der Waals surface area contributed by atoms with Crippen molar-refractivity contribution >= 4 is 5.69 Å². The largest absolute Gasteiger partial charge is 0.368 e. The molecular formula is C17H26N2. The summed E-state index contributed by atoms with van der Waals surface area (Å²) in [6, 6.07) is 9.60. The number of hydrogen-bond acceptors (Lipinski definition) is 2. The van der Waals surface area contributed by atoms with Gasteiger partial charge in [-0.25, -0.2) is 0 Å². The average Bonchev–Trinajstić information content (AvgIpc) is 2.90. The molecule has 0 radical (unpaired) electrons. The van der Waals surface area contributed by atoms with Crippen LogP contribution in [0.1, 0.15) is 38.2 Å². The molecule has 1 heterocycles. The number of nitrogens with two attached hydrogens (primary N) is 1. The van der Waals surface area contributed by atoms with Crippen LogP contribution in [0.2, 0.25) is 0 Å². The van der Waals surface area contributed by atoms with Crippen LogP contribution in [0.3, 0.4) is 0 Å². The van der Waals surface area contributed by atoms with Gasteiger partial charge in [-0.2, -0.15) is 0 Å². The maximum atomic E-state index is 6.04. The van der Waals surface area contributed by atoms with E-state index in [0.717, 1.165) is 12.5 Å². The van der Waals surface area contributed by atoms with Crippen LogP contribution < -0.4 is 10.6 Å². The zero-order valence-electron chi connectivity index (χ0n) is 12.0. The summed E-state index contributed by atoms with van der Waals surface area (Å²) in [7, 11) is 0. The highest BCUT2D eigenvalue weighted by Gasteiger charge is 2.35. The molecule has 1 aliphatic heterocycles. The minimum Gasteiger partial charge on any atom is -0.368 e. The van der Waals surface area contributed by atoms with Crippen molar-refractivity contribution in [1.82, 2.24) is 0 Å². The van der Waals surface area contributed by atoms with Crippen molar-refractivity contribution in [3.8, 4) is 0 Å². The Hall–Kier alpha value is -1.02. The smallest absolute Gasteiger partial charge is 0.0402 e. The third-order valence-electron chi connectivity index (χ3n) is 5.27. The summed E-state index contributed by atoms with van der Waals surface area (Å²) in [6.07, 6.45) is 6.57. The lowest BCUT2D eigenvalue weighted by Crippen LogP contribution is -2.46. The topological polar surface area (TPSA) is 29.3 Å². The van der Waals surface area contributed by atoms with Gasteiger partial charge in [-0.1, -0.05) is 31.5 Å². The Morgan fingerprint density at radius 2 is 2.11 bits per heavy atom. The lowest BCUT2D eigenvalue weighted by atomic mass is 9.76. The number of fused-ring (bicyclic) bond motifs is 1. The highest BCUT2D eigenvalue weighted by atomic mass is 15.2. The van der Waals surface area contributed by atoms with E-state index in [4.69, 9.17) is 5.73 Å². The number of para-hydroxylation sites is 1. The molecule has 3 unspecified atom stereocenters. The van der Waals surface area contributed by atoms with E-state index in [1.165, 1.54) is 49.9 Å². The Morgan fingerprint density at radius 3 is 2.89 bits per heavy atom. The van der Waals surface area contributed by atoms with Crippen molar-refractivity contribution in [1.29, 1.82) is 0 Å². The van der Waals surface area contributed by atoms with E-state index >= 15 is 0 Å². The van der Waals surface area contributed by atoms with E-state index in [9.17, 15) is 0 Å². The summed E-state index contributed by atoms with van der Waals surface area (Å²) < 4.78 is 0. The van der Waals surface area contributed by atoms with Gasteiger partial charge in [-0.05, 0) is 55.7 Å². The molecule has 0 aromatic heterocycles. The van der Waals surface area contributed by atoms with Gasteiger partial charge in [-0.3, -0.25) is 0 Å². The van der Waals surface area contributed by atoms with Gasteiger partial charge in [0.1, 0.15) is 0 Å².